The number of hydrogen-bond acceptors (Lipinski definition) is 10. The normalized spacial score (nSPS) is 18.7. The number of amides is 2. The molecule has 286 valence electrons. The molecule has 3 heterocycles. The summed E-state index contributed by atoms with van der Waals surface area (Å²) in [5.74, 6) is -0.984. The predicted octanol–water partition coefficient (Wildman–Crippen LogP) is 6.57. The summed E-state index contributed by atoms with van der Waals surface area (Å²) in [6.07, 6.45) is 9.87. The number of piperidine rings is 1. The Balaban J connectivity index is 1.02. The SMILES string of the molecule is CC(C)(C)OC(=O)NCC1CCC(CN2CCC(n3cc(-c4cnc(N)c(C(=O)O[C@@H](C(=O)Nc5ccc(F)cc5)c5ccccc5)n4)cn3)CC2)CC1. The Kier molecular flexibility index (Phi) is 12.2. The van der Waals surface area contributed by atoms with E-state index in [0.717, 1.165) is 58.2 Å². The number of carbonyl (C=O) groups is 3. The number of benzene rings is 2. The molecule has 2 aromatic carbocycles. The second-order valence-electron chi connectivity index (χ2n) is 15.2. The van der Waals surface area contributed by atoms with Crippen LogP contribution in [0.1, 0.15) is 87.5 Å². The fourth-order valence-corrected chi connectivity index (χ4v) is 7.05. The Morgan fingerprint density at radius 3 is 2.31 bits per heavy atom. The van der Waals surface area contributed by atoms with Crippen molar-refractivity contribution in [3.63, 3.8) is 0 Å². The van der Waals surface area contributed by atoms with Crippen molar-refractivity contribution in [1.29, 1.82) is 0 Å². The van der Waals surface area contributed by atoms with E-state index in [-0.39, 0.29) is 23.6 Å². The summed E-state index contributed by atoms with van der Waals surface area (Å²) >= 11 is 0. The number of likely N-dealkylation sites (tertiary alicyclic amines) is 1. The molecule has 14 heteroatoms. The van der Waals surface area contributed by atoms with E-state index in [0.29, 0.717) is 40.9 Å². The van der Waals surface area contributed by atoms with Gasteiger partial charge in [-0.2, -0.15) is 5.10 Å². The van der Waals surface area contributed by atoms with Gasteiger partial charge >= 0.3 is 12.1 Å². The maximum atomic E-state index is 13.5. The minimum absolute atomic E-state index is 0.139. The highest BCUT2D eigenvalue weighted by molar-refractivity contribution is 5.99. The van der Waals surface area contributed by atoms with Gasteiger partial charge < -0.3 is 30.7 Å². The number of carbonyl (C=O) groups excluding carboxylic acids is 3. The smallest absolute Gasteiger partial charge is 0.407 e. The average molecular weight is 741 g/mol. The number of nitrogens with two attached hydrogens (primary N) is 1. The summed E-state index contributed by atoms with van der Waals surface area (Å²) < 4.78 is 26.5. The lowest BCUT2D eigenvalue weighted by Gasteiger charge is -2.36. The Morgan fingerprint density at radius 1 is 0.944 bits per heavy atom. The molecule has 54 heavy (non-hydrogen) atoms. The molecular formula is C40H49FN8O5. The topological polar surface area (TPSA) is 167 Å². The monoisotopic (exact) mass is 740 g/mol. The number of nitrogens with one attached hydrogen (secondary N) is 2. The van der Waals surface area contributed by atoms with E-state index in [2.05, 4.69) is 30.6 Å². The molecule has 2 aliphatic rings. The van der Waals surface area contributed by atoms with Gasteiger partial charge in [-0.15, -0.1) is 0 Å². The van der Waals surface area contributed by atoms with Crippen LogP contribution in [0.5, 0.6) is 0 Å². The van der Waals surface area contributed by atoms with Crippen LogP contribution < -0.4 is 16.4 Å². The highest BCUT2D eigenvalue weighted by Gasteiger charge is 2.30. The number of esters is 1. The molecular weight excluding hydrogens is 691 g/mol. The number of ether oxygens (including phenoxy) is 2. The van der Waals surface area contributed by atoms with Crippen molar-refractivity contribution >= 4 is 29.5 Å². The summed E-state index contributed by atoms with van der Waals surface area (Å²) in [6.45, 7) is 9.33. The number of alkyl carbamates (subject to hydrolysis) is 1. The molecule has 1 aliphatic carbocycles. The first-order chi connectivity index (χ1) is 25.9. The molecule has 0 spiro atoms. The molecule has 4 aromatic rings. The molecule has 1 aliphatic heterocycles. The third kappa shape index (κ3) is 10.4. The molecule has 0 unspecified atom stereocenters. The Morgan fingerprint density at radius 2 is 1.63 bits per heavy atom. The van der Waals surface area contributed by atoms with E-state index in [1.54, 1.807) is 36.5 Å². The Bertz CT molecular complexity index is 1880. The first-order valence-corrected chi connectivity index (χ1v) is 18.6. The van der Waals surface area contributed by atoms with E-state index in [4.69, 9.17) is 15.2 Å². The molecule has 2 fully saturated rings. The zero-order valence-electron chi connectivity index (χ0n) is 31.0. The highest BCUT2D eigenvalue weighted by Crippen LogP contribution is 2.32. The van der Waals surface area contributed by atoms with Crippen molar-refractivity contribution in [2.75, 3.05) is 37.2 Å². The van der Waals surface area contributed by atoms with Crippen LogP contribution >= 0.6 is 0 Å². The quantitative estimate of drug-likeness (QED) is 0.143. The van der Waals surface area contributed by atoms with E-state index in [1.807, 2.05) is 31.6 Å². The van der Waals surface area contributed by atoms with Gasteiger partial charge in [-0.25, -0.2) is 23.9 Å². The first kappa shape index (κ1) is 38.4. The maximum absolute atomic E-state index is 13.5. The van der Waals surface area contributed by atoms with Crippen molar-refractivity contribution in [2.45, 2.75) is 77.0 Å². The molecule has 0 radical (unpaired) electrons. The van der Waals surface area contributed by atoms with E-state index in [1.165, 1.54) is 30.5 Å². The van der Waals surface area contributed by atoms with Crippen LogP contribution in [0.15, 0.2) is 73.2 Å². The van der Waals surface area contributed by atoms with Crippen molar-refractivity contribution < 1.29 is 28.2 Å². The van der Waals surface area contributed by atoms with Gasteiger partial charge in [0.05, 0.1) is 24.1 Å². The number of nitrogens with zero attached hydrogens (tertiary/aromatic N) is 5. The number of rotatable bonds is 11. The molecule has 6 rings (SSSR count). The van der Waals surface area contributed by atoms with Crippen LogP contribution in [0.4, 0.5) is 20.7 Å². The summed E-state index contributed by atoms with van der Waals surface area (Å²) in [6, 6.07) is 14.0. The molecule has 13 nitrogen and oxygen atoms in total. The van der Waals surface area contributed by atoms with Crippen LogP contribution in [0.3, 0.4) is 0 Å². The van der Waals surface area contributed by atoms with Crippen LogP contribution in [-0.4, -0.2) is 74.4 Å². The second-order valence-corrected chi connectivity index (χ2v) is 15.2. The van der Waals surface area contributed by atoms with Gasteiger partial charge in [-0.3, -0.25) is 9.48 Å². The molecule has 1 saturated carbocycles. The van der Waals surface area contributed by atoms with Crippen LogP contribution in [-0.2, 0) is 14.3 Å². The van der Waals surface area contributed by atoms with Gasteiger partial charge in [-0.1, -0.05) is 30.3 Å². The molecule has 4 N–H and O–H groups in total. The summed E-state index contributed by atoms with van der Waals surface area (Å²) in [7, 11) is 0. The molecule has 1 saturated heterocycles. The third-order valence-corrected chi connectivity index (χ3v) is 9.92. The lowest BCUT2D eigenvalue weighted by atomic mass is 9.81. The van der Waals surface area contributed by atoms with Crippen LogP contribution in [0.25, 0.3) is 11.3 Å². The largest absolute Gasteiger partial charge is 0.444 e. The maximum Gasteiger partial charge on any atom is 0.407 e. The van der Waals surface area contributed by atoms with Crippen molar-refractivity contribution in [3.8, 4) is 11.3 Å². The van der Waals surface area contributed by atoms with Crippen LogP contribution in [0.2, 0.25) is 0 Å². The van der Waals surface area contributed by atoms with E-state index in [9.17, 15) is 18.8 Å². The van der Waals surface area contributed by atoms with Gasteiger partial charge in [0.1, 0.15) is 11.4 Å². The van der Waals surface area contributed by atoms with Gasteiger partial charge in [0.15, 0.2) is 11.5 Å². The lowest BCUT2D eigenvalue weighted by Crippen LogP contribution is -2.39. The highest BCUT2D eigenvalue weighted by atomic mass is 19.1. The number of aromatic nitrogens is 4. The predicted molar refractivity (Wildman–Crippen MR) is 202 cm³/mol. The Labute approximate surface area is 314 Å². The van der Waals surface area contributed by atoms with Gasteiger partial charge in [-0.05, 0) is 95.4 Å². The van der Waals surface area contributed by atoms with Crippen molar-refractivity contribution in [2.24, 2.45) is 11.8 Å². The minimum Gasteiger partial charge on any atom is -0.444 e. The summed E-state index contributed by atoms with van der Waals surface area (Å²) in [5.41, 5.74) is 7.21. The fourth-order valence-electron chi connectivity index (χ4n) is 7.05. The third-order valence-electron chi connectivity index (χ3n) is 9.92. The Hall–Kier alpha value is -5.37. The number of nitrogen functional groups attached to an aromatic ring is 1. The van der Waals surface area contributed by atoms with Gasteiger partial charge in [0.2, 0.25) is 6.10 Å². The van der Waals surface area contributed by atoms with Crippen molar-refractivity contribution in [1.82, 2.24) is 30.0 Å². The van der Waals surface area contributed by atoms with Gasteiger partial charge in [0, 0.05) is 49.2 Å². The number of anilines is 2. The van der Waals surface area contributed by atoms with E-state index < -0.39 is 29.4 Å². The molecule has 0 bridgehead atoms. The minimum atomic E-state index is -1.34. The summed E-state index contributed by atoms with van der Waals surface area (Å²) in [5, 5.41) is 10.2. The van der Waals surface area contributed by atoms with Crippen LogP contribution in [0, 0.1) is 17.7 Å². The molecule has 1 atom stereocenters. The number of hydrogen-bond donors (Lipinski definition) is 3. The number of halogens is 1. The summed E-state index contributed by atoms with van der Waals surface area (Å²) in [4.78, 5) is 50.1. The standard InChI is InChI=1S/C40H49FN8O5/c1-40(2,3)54-39(52)44-21-26-9-11-27(12-10-26)24-48-19-17-32(18-20-48)49-25-29(22-45-49)33-23-43-36(42)34(47-33)38(51)53-35(28-7-5-4-6-8-28)37(50)46-31-15-13-30(41)14-16-31/h4-8,13-16,22-23,25-27,32,35H,9-12,17-21,24H2,1-3H3,(H2,42,43)(H,44,52)(H,46,50)/t26?,27?,35-/m1/s1. The zero-order chi connectivity index (χ0) is 38.2. The molecule has 2 amide bonds. The first-order valence-electron chi connectivity index (χ1n) is 18.6. The second kappa shape index (κ2) is 17.2. The fraction of sp³-hybridized carbons (Fsp3) is 0.450. The van der Waals surface area contributed by atoms with Gasteiger partial charge in [0.25, 0.3) is 5.91 Å². The molecule has 2 aromatic heterocycles. The zero-order valence-corrected chi connectivity index (χ0v) is 31.0. The lowest BCUT2D eigenvalue weighted by molar-refractivity contribution is -0.125. The van der Waals surface area contributed by atoms with E-state index >= 15 is 0 Å². The average Bonchev–Trinajstić information content (AvgIpc) is 3.65. The van der Waals surface area contributed by atoms with Crippen molar-refractivity contribution in [3.05, 3.63) is 90.3 Å².